The van der Waals surface area contributed by atoms with Gasteiger partial charge >= 0.3 is 0 Å². The Morgan fingerprint density at radius 3 is 2.45 bits per heavy atom. The number of rotatable bonds is 4. The summed E-state index contributed by atoms with van der Waals surface area (Å²) in [5, 5.41) is 9.79. The molecule has 0 bridgehead atoms. The molecule has 0 saturated carbocycles. The molecule has 0 aliphatic carbocycles. The van der Waals surface area contributed by atoms with Crippen molar-refractivity contribution in [3.05, 3.63) is 27.8 Å². The van der Waals surface area contributed by atoms with Crippen LogP contribution in [-0.2, 0) is 11.3 Å². The molecule has 1 aliphatic heterocycles. The molecule has 7 heteroatoms. The molecule has 0 aromatic carbocycles. The summed E-state index contributed by atoms with van der Waals surface area (Å²) >= 11 is 0. The zero-order valence-electron chi connectivity index (χ0n) is 13.3. The van der Waals surface area contributed by atoms with E-state index in [4.69, 9.17) is 4.42 Å². The number of nitrogens with zero attached hydrogens (tertiary/aromatic N) is 3. The number of aryl methyl sites for hydroxylation is 1. The smallest absolute Gasteiger partial charge is 0.236 e. The Labute approximate surface area is 129 Å². The first kappa shape index (κ1) is 16.5. The van der Waals surface area contributed by atoms with Crippen molar-refractivity contribution >= 4 is 5.91 Å². The van der Waals surface area contributed by atoms with Crippen LogP contribution in [0.5, 0.6) is 5.75 Å². The molecule has 1 N–H and O–H groups in total. The second-order valence-corrected chi connectivity index (χ2v) is 5.83. The largest absolute Gasteiger partial charge is 0.502 e. The van der Waals surface area contributed by atoms with E-state index in [2.05, 4.69) is 9.80 Å². The van der Waals surface area contributed by atoms with E-state index in [1.165, 1.54) is 6.07 Å². The maximum absolute atomic E-state index is 11.7. The van der Waals surface area contributed by atoms with Gasteiger partial charge in [-0.3, -0.25) is 19.4 Å². The predicted molar refractivity (Wildman–Crippen MR) is 81.8 cm³/mol. The van der Waals surface area contributed by atoms with Gasteiger partial charge < -0.3 is 14.4 Å². The van der Waals surface area contributed by atoms with Crippen molar-refractivity contribution in [3.63, 3.8) is 0 Å². The molecule has 22 heavy (non-hydrogen) atoms. The highest BCUT2D eigenvalue weighted by Gasteiger charge is 2.21. The fourth-order valence-corrected chi connectivity index (χ4v) is 2.41. The van der Waals surface area contributed by atoms with Crippen LogP contribution in [0.15, 0.2) is 15.3 Å². The number of hydrogen-bond acceptors (Lipinski definition) is 6. The van der Waals surface area contributed by atoms with Gasteiger partial charge in [-0.1, -0.05) is 0 Å². The van der Waals surface area contributed by atoms with Crippen LogP contribution in [0.2, 0.25) is 0 Å². The fourth-order valence-electron chi connectivity index (χ4n) is 2.41. The average Bonchev–Trinajstić information content (AvgIpc) is 2.46. The number of carbonyl (C=O) groups is 1. The minimum Gasteiger partial charge on any atom is -0.502 e. The summed E-state index contributed by atoms with van der Waals surface area (Å²) < 4.78 is 5.45. The van der Waals surface area contributed by atoms with Gasteiger partial charge in [-0.05, 0) is 6.92 Å². The second-order valence-electron chi connectivity index (χ2n) is 5.83. The van der Waals surface area contributed by atoms with Gasteiger partial charge in [-0.15, -0.1) is 0 Å². The van der Waals surface area contributed by atoms with E-state index in [1.54, 1.807) is 25.9 Å². The van der Waals surface area contributed by atoms with E-state index in [9.17, 15) is 14.7 Å². The molecule has 1 amide bonds. The summed E-state index contributed by atoms with van der Waals surface area (Å²) in [4.78, 5) is 29.0. The van der Waals surface area contributed by atoms with Crippen LogP contribution in [0.25, 0.3) is 0 Å². The zero-order chi connectivity index (χ0) is 16.3. The minimum absolute atomic E-state index is 0.0933. The third kappa shape index (κ3) is 4.08. The van der Waals surface area contributed by atoms with Crippen molar-refractivity contribution in [3.8, 4) is 5.75 Å². The van der Waals surface area contributed by atoms with E-state index in [1.807, 2.05) is 0 Å². The molecule has 0 spiro atoms. The topological polar surface area (TPSA) is 77.2 Å². The first-order valence-electron chi connectivity index (χ1n) is 7.34. The first-order valence-corrected chi connectivity index (χ1v) is 7.34. The van der Waals surface area contributed by atoms with Crippen molar-refractivity contribution in [2.45, 2.75) is 13.5 Å². The lowest BCUT2D eigenvalue weighted by Crippen LogP contribution is -2.48. The van der Waals surface area contributed by atoms with E-state index >= 15 is 0 Å². The van der Waals surface area contributed by atoms with Crippen molar-refractivity contribution in [2.24, 2.45) is 0 Å². The van der Waals surface area contributed by atoms with Crippen molar-refractivity contribution in [1.29, 1.82) is 0 Å². The van der Waals surface area contributed by atoms with Gasteiger partial charge in [0.15, 0.2) is 5.76 Å². The SMILES string of the molecule is Cc1cc(=O)c(O)c(CN2CCN(CC(=O)N(C)C)CC2)o1. The fraction of sp³-hybridized carbons (Fsp3) is 0.600. The predicted octanol–water partition coefficient (Wildman–Crippen LogP) is -0.140. The van der Waals surface area contributed by atoms with E-state index in [0.717, 1.165) is 26.2 Å². The molecule has 7 nitrogen and oxygen atoms in total. The second kappa shape index (κ2) is 6.93. The van der Waals surface area contributed by atoms with Gasteiger partial charge in [-0.25, -0.2) is 0 Å². The monoisotopic (exact) mass is 309 g/mol. The summed E-state index contributed by atoms with van der Waals surface area (Å²) in [5.41, 5.74) is -0.408. The summed E-state index contributed by atoms with van der Waals surface area (Å²) in [7, 11) is 3.50. The van der Waals surface area contributed by atoms with Gasteiger partial charge in [0, 0.05) is 46.3 Å². The standard InChI is InChI=1S/C15H23N3O4/c1-11-8-12(19)15(21)13(22-11)9-17-4-6-18(7-5-17)10-14(20)16(2)3/h8,21H,4-7,9-10H2,1-3H3. The molecule has 122 valence electrons. The number of piperazine rings is 1. The minimum atomic E-state index is -0.408. The third-order valence-electron chi connectivity index (χ3n) is 3.81. The number of likely N-dealkylation sites (N-methyl/N-ethyl adjacent to an activating group) is 1. The van der Waals surface area contributed by atoms with Crippen molar-refractivity contribution in [1.82, 2.24) is 14.7 Å². The van der Waals surface area contributed by atoms with Gasteiger partial charge in [0.05, 0.1) is 13.1 Å². The normalized spacial score (nSPS) is 16.7. The van der Waals surface area contributed by atoms with E-state index < -0.39 is 5.43 Å². The van der Waals surface area contributed by atoms with E-state index in [-0.39, 0.29) is 11.7 Å². The van der Waals surface area contributed by atoms with E-state index in [0.29, 0.717) is 24.6 Å². The number of amides is 1. The molecule has 1 fully saturated rings. The average molecular weight is 309 g/mol. The first-order chi connectivity index (χ1) is 10.4. The lowest BCUT2D eigenvalue weighted by Gasteiger charge is -2.34. The summed E-state index contributed by atoms with van der Waals surface area (Å²) in [5.74, 6) is 0.586. The Hall–Kier alpha value is -1.86. The third-order valence-corrected chi connectivity index (χ3v) is 3.81. The molecule has 2 rings (SSSR count). The maximum Gasteiger partial charge on any atom is 0.236 e. The van der Waals surface area contributed by atoms with Gasteiger partial charge in [-0.2, -0.15) is 0 Å². The Kier molecular flexibility index (Phi) is 5.20. The highest BCUT2D eigenvalue weighted by Crippen LogP contribution is 2.16. The van der Waals surface area contributed by atoms with Gasteiger partial charge in [0.1, 0.15) is 5.76 Å². The Morgan fingerprint density at radius 1 is 1.27 bits per heavy atom. The van der Waals surface area contributed by atoms with Gasteiger partial charge in [0.2, 0.25) is 17.1 Å². The molecule has 0 atom stereocenters. The van der Waals surface area contributed by atoms with Crippen LogP contribution in [0.1, 0.15) is 11.5 Å². The highest BCUT2D eigenvalue weighted by atomic mass is 16.4. The van der Waals surface area contributed by atoms with Crippen LogP contribution in [0.4, 0.5) is 0 Å². The maximum atomic E-state index is 11.7. The Balaban J connectivity index is 1.90. The lowest BCUT2D eigenvalue weighted by molar-refractivity contribution is -0.130. The van der Waals surface area contributed by atoms with Crippen molar-refractivity contribution < 1.29 is 14.3 Å². The van der Waals surface area contributed by atoms with Gasteiger partial charge in [0.25, 0.3) is 0 Å². The van der Waals surface area contributed by atoms with Crippen LogP contribution >= 0.6 is 0 Å². The molecular formula is C15H23N3O4. The molecule has 0 radical (unpaired) electrons. The highest BCUT2D eigenvalue weighted by molar-refractivity contribution is 5.77. The van der Waals surface area contributed by atoms with Crippen LogP contribution in [-0.4, -0.2) is 72.5 Å². The van der Waals surface area contributed by atoms with Crippen LogP contribution in [0.3, 0.4) is 0 Å². The lowest BCUT2D eigenvalue weighted by atomic mass is 10.2. The molecule has 1 aromatic heterocycles. The molecule has 1 aromatic rings. The summed E-state index contributed by atoms with van der Waals surface area (Å²) in [6, 6.07) is 1.28. The molecular weight excluding hydrogens is 286 g/mol. The quantitative estimate of drug-likeness (QED) is 0.834. The zero-order valence-corrected chi connectivity index (χ0v) is 13.3. The Morgan fingerprint density at radius 2 is 1.86 bits per heavy atom. The van der Waals surface area contributed by atoms with Crippen LogP contribution in [0, 0.1) is 6.92 Å². The number of aromatic hydroxyl groups is 1. The number of hydrogen-bond donors (Lipinski definition) is 1. The Bertz CT molecular complexity index is 589. The van der Waals surface area contributed by atoms with Crippen LogP contribution < -0.4 is 5.43 Å². The molecule has 2 heterocycles. The number of carbonyl (C=O) groups excluding carboxylic acids is 1. The molecule has 1 saturated heterocycles. The summed E-state index contributed by atoms with van der Waals surface area (Å²) in [6.45, 7) is 5.58. The van der Waals surface area contributed by atoms with Crippen molar-refractivity contribution in [2.75, 3.05) is 46.8 Å². The molecule has 1 aliphatic rings. The summed E-state index contributed by atoms with van der Waals surface area (Å²) in [6.07, 6.45) is 0. The molecule has 0 unspecified atom stereocenters.